The number of anilines is 1. The first kappa shape index (κ1) is 21.8. The van der Waals surface area contributed by atoms with Crippen LogP contribution in [0.1, 0.15) is 12.8 Å². The molecule has 0 bridgehead atoms. The quantitative estimate of drug-likeness (QED) is 0.532. The van der Waals surface area contributed by atoms with Crippen molar-refractivity contribution in [2.45, 2.75) is 17.7 Å². The number of aromatic nitrogens is 1. The average Bonchev–Trinajstić information content (AvgIpc) is 3.16. The summed E-state index contributed by atoms with van der Waals surface area (Å²) in [6, 6.07) is 9.70. The van der Waals surface area contributed by atoms with Crippen molar-refractivity contribution in [1.29, 1.82) is 0 Å². The Balaban J connectivity index is 1.62. The van der Waals surface area contributed by atoms with Gasteiger partial charge in [-0.3, -0.25) is 4.79 Å². The maximum atomic E-state index is 12.4. The minimum absolute atomic E-state index is 0.0551. The van der Waals surface area contributed by atoms with Gasteiger partial charge < -0.3 is 19.5 Å². The molecule has 1 aromatic heterocycles. The van der Waals surface area contributed by atoms with Crippen molar-refractivity contribution in [1.82, 2.24) is 4.98 Å². The molecule has 0 unspecified atom stereocenters. The first-order valence-corrected chi connectivity index (χ1v) is 11.5. The second-order valence-corrected chi connectivity index (χ2v) is 9.42. The summed E-state index contributed by atoms with van der Waals surface area (Å²) in [5, 5.41) is 3.12. The number of amides is 1. The normalized spacial score (nSPS) is 11.3. The van der Waals surface area contributed by atoms with Gasteiger partial charge in [0.05, 0.1) is 32.0 Å². The monoisotopic (exact) mass is 450 g/mol. The summed E-state index contributed by atoms with van der Waals surface area (Å²) in [7, 11) is 1.14. The van der Waals surface area contributed by atoms with Gasteiger partial charge in [0.2, 0.25) is 5.91 Å². The number of benzene rings is 2. The Kier molecular flexibility index (Phi) is 6.78. The number of carbonyl (C=O) groups is 1. The zero-order chi connectivity index (χ0) is 21.7. The molecule has 1 heterocycles. The third-order valence-electron chi connectivity index (χ3n) is 4.39. The molecule has 0 saturated heterocycles. The van der Waals surface area contributed by atoms with Crippen molar-refractivity contribution in [3.8, 4) is 17.2 Å². The van der Waals surface area contributed by atoms with E-state index < -0.39 is 9.84 Å². The van der Waals surface area contributed by atoms with Gasteiger partial charge in [-0.15, -0.1) is 0 Å². The highest BCUT2D eigenvalue weighted by Crippen LogP contribution is 2.38. The SMILES string of the molecule is COc1ccc(S(=O)(=O)CCCC(=O)Nc2nc3c(OC)ccc(OC)c3s2)cc1. The van der Waals surface area contributed by atoms with E-state index in [0.29, 0.717) is 27.9 Å². The number of fused-ring (bicyclic) bond motifs is 1. The van der Waals surface area contributed by atoms with E-state index in [1.807, 2.05) is 0 Å². The van der Waals surface area contributed by atoms with Gasteiger partial charge in [-0.05, 0) is 42.8 Å². The fourth-order valence-electron chi connectivity index (χ4n) is 2.84. The summed E-state index contributed by atoms with van der Waals surface area (Å²) in [5.41, 5.74) is 0.597. The molecule has 0 atom stereocenters. The van der Waals surface area contributed by atoms with Gasteiger partial charge in [-0.25, -0.2) is 13.4 Å². The molecule has 10 heteroatoms. The summed E-state index contributed by atoms with van der Waals surface area (Å²) in [5.74, 6) is 1.35. The molecular formula is C20H22N2O6S2. The maximum absolute atomic E-state index is 12.4. The van der Waals surface area contributed by atoms with Crippen LogP contribution in [-0.4, -0.2) is 46.4 Å². The molecule has 1 amide bonds. The molecule has 160 valence electrons. The Morgan fingerprint density at radius 3 is 2.30 bits per heavy atom. The largest absolute Gasteiger partial charge is 0.497 e. The molecule has 0 aliphatic heterocycles. The van der Waals surface area contributed by atoms with Crippen molar-refractivity contribution in [3.63, 3.8) is 0 Å². The van der Waals surface area contributed by atoms with Gasteiger partial charge in [0.25, 0.3) is 0 Å². The molecule has 3 aromatic rings. The number of carbonyl (C=O) groups excluding carboxylic acids is 1. The second kappa shape index (κ2) is 9.31. The van der Waals surface area contributed by atoms with Gasteiger partial charge in [0.15, 0.2) is 15.0 Å². The van der Waals surface area contributed by atoms with Crippen LogP contribution in [0, 0.1) is 0 Å². The molecule has 0 aliphatic rings. The Hall–Kier alpha value is -2.85. The first-order valence-electron chi connectivity index (χ1n) is 9.06. The van der Waals surface area contributed by atoms with E-state index >= 15 is 0 Å². The molecule has 0 radical (unpaired) electrons. The molecular weight excluding hydrogens is 428 g/mol. The number of nitrogens with one attached hydrogen (secondary N) is 1. The topological polar surface area (TPSA) is 104 Å². The van der Waals surface area contributed by atoms with E-state index in [0.717, 1.165) is 4.70 Å². The Morgan fingerprint density at radius 2 is 1.67 bits per heavy atom. The Bertz CT molecular complexity index is 1100. The molecule has 0 saturated carbocycles. The summed E-state index contributed by atoms with van der Waals surface area (Å²) in [4.78, 5) is 16.9. The molecule has 30 heavy (non-hydrogen) atoms. The summed E-state index contributed by atoms with van der Waals surface area (Å²) in [6.45, 7) is 0. The summed E-state index contributed by atoms with van der Waals surface area (Å²) < 4.78 is 41.3. The van der Waals surface area contributed by atoms with Gasteiger partial charge in [-0.1, -0.05) is 11.3 Å². The number of hydrogen-bond donors (Lipinski definition) is 1. The predicted octanol–water partition coefficient (Wildman–Crippen LogP) is 3.51. The van der Waals surface area contributed by atoms with E-state index in [4.69, 9.17) is 14.2 Å². The van der Waals surface area contributed by atoms with Crippen molar-refractivity contribution >= 4 is 42.4 Å². The second-order valence-electron chi connectivity index (χ2n) is 6.31. The lowest BCUT2D eigenvalue weighted by atomic mass is 10.3. The van der Waals surface area contributed by atoms with E-state index in [1.54, 1.807) is 38.5 Å². The van der Waals surface area contributed by atoms with Crippen LogP contribution >= 0.6 is 11.3 Å². The molecule has 3 rings (SSSR count). The average molecular weight is 451 g/mol. The van der Waals surface area contributed by atoms with E-state index in [1.165, 1.54) is 30.6 Å². The summed E-state index contributed by atoms with van der Waals surface area (Å²) >= 11 is 1.27. The van der Waals surface area contributed by atoms with Crippen LogP contribution in [0.2, 0.25) is 0 Å². The minimum Gasteiger partial charge on any atom is -0.497 e. The third kappa shape index (κ3) is 4.82. The highest BCUT2D eigenvalue weighted by Gasteiger charge is 2.17. The number of nitrogens with zero attached hydrogens (tertiary/aromatic N) is 1. The zero-order valence-corrected chi connectivity index (χ0v) is 18.4. The molecule has 1 N–H and O–H groups in total. The van der Waals surface area contributed by atoms with Crippen molar-refractivity contribution in [3.05, 3.63) is 36.4 Å². The van der Waals surface area contributed by atoms with Gasteiger partial charge in [-0.2, -0.15) is 0 Å². The number of sulfone groups is 1. The third-order valence-corrected chi connectivity index (χ3v) is 7.19. The predicted molar refractivity (Wildman–Crippen MR) is 116 cm³/mol. The highest BCUT2D eigenvalue weighted by molar-refractivity contribution is 7.91. The lowest BCUT2D eigenvalue weighted by Crippen LogP contribution is -2.14. The molecule has 8 nitrogen and oxygen atoms in total. The number of methoxy groups -OCH3 is 3. The number of rotatable bonds is 9. The summed E-state index contributed by atoms with van der Waals surface area (Å²) in [6.07, 6.45) is 0.247. The molecule has 0 aliphatic carbocycles. The van der Waals surface area contributed by atoms with Crippen LogP contribution in [0.25, 0.3) is 10.2 Å². The van der Waals surface area contributed by atoms with Gasteiger partial charge >= 0.3 is 0 Å². The van der Waals surface area contributed by atoms with Crippen LogP contribution in [0.5, 0.6) is 17.2 Å². The lowest BCUT2D eigenvalue weighted by Gasteiger charge is -2.06. The minimum atomic E-state index is -3.47. The Labute approximate surface area is 178 Å². The fraction of sp³-hybridized carbons (Fsp3) is 0.300. The van der Waals surface area contributed by atoms with Crippen molar-refractivity contribution < 1.29 is 27.4 Å². The Morgan fingerprint density at radius 1 is 1.00 bits per heavy atom. The smallest absolute Gasteiger partial charge is 0.226 e. The van der Waals surface area contributed by atoms with Crippen molar-refractivity contribution in [2.24, 2.45) is 0 Å². The van der Waals surface area contributed by atoms with Crippen LogP contribution < -0.4 is 19.5 Å². The first-order chi connectivity index (χ1) is 14.4. The molecule has 2 aromatic carbocycles. The number of thiazole rings is 1. The lowest BCUT2D eigenvalue weighted by molar-refractivity contribution is -0.116. The van der Waals surface area contributed by atoms with Crippen molar-refractivity contribution in [2.75, 3.05) is 32.4 Å². The van der Waals surface area contributed by atoms with Crippen LogP contribution in [0.3, 0.4) is 0 Å². The molecule has 0 fully saturated rings. The number of ether oxygens (including phenoxy) is 3. The van der Waals surface area contributed by atoms with E-state index in [9.17, 15) is 13.2 Å². The van der Waals surface area contributed by atoms with E-state index in [2.05, 4.69) is 10.3 Å². The fourth-order valence-corrected chi connectivity index (χ4v) is 5.15. The molecule has 0 spiro atoms. The van der Waals surface area contributed by atoms with Crippen LogP contribution in [0.4, 0.5) is 5.13 Å². The zero-order valence-electron chi connectivity index (χ0n) is 16.8. The maximum Gasteiger partial charge on any atom is 0.226 e. The van der Waals surface area contributed by atoms with Gasteiger partial charge in [0.1, 0.15) is 27.5 Å². The number of hydrogen-bond acceptors (Lipinski definition) is 8. The van der Waals surface area contributed by atoms with E-state index in [-0.39, 0.29) is 29.4 Å². The van der Waals surface area contributed by atoms with Gasteiger partial charge in [0, 0.05) is 6.42 Å². The van der Waals surface area contributed by atoms with Crippen LogP contribution in [0.15, 0.2) is 41.3 Å². The highest BCUT2D eigenvalue weighted by atomic mass is 32.2. The van der Waals surface area contributed by atoms with Crippen LogP contribution in [-0.2, 0) is 14.6 Å². The standard InChI is InChI=1S/C20H22N2O6S2/c1-26-13-6-8-14(9-7-13)30(24,25)12-4-5-17(23)21-20-22-18-15(27-2)10-11-16(28-3)19(18)29-20/h6-11H,4-5,12H2,1-3H3,(H,21,22,23).